The zero-order valence-corrected chi connectivity index (χ0v) is 18.0. The van der Waals surface area contributed by atoms with E-state index in [4.69, 9.17) is 5.14 Å². The maximum atomic E-state index is 13.0. The van der Waals surface area contributed by atoms with E-state index in [0.717, 1.165) is 11.1 Å². The van der Waals surface area contributed by atoms with Crippen LogP contribution >= 0.6 is 11.3 Å². The summed E-state index contributed by atoms with van der Waals surface area (Å²) in [7, 11) is -1.95. The monoisotopic (exact) mass is 448 g/mol. The first-order valence-corrected chi connectivity index (χ1v) is 11.4. The van der Waals surface area contributed by atoms with E-state index >= 15 is 0 Å². The minimum atomic E-state index is -3.74. The quantitative estimate of drug-likeness (QED) is 0.577. The van der Waals surface area contributed by atoms with Crippen LogP contribution in [0.2, 0.25) is 0 Å². The van der Waals surface area contributed by atoms with Gasteiger partial charge in [-0.2, -0.15) is 0 Å². The summed E-state index contributed by atoms with van der Waals surface area (Å²) in [6, 6.07) is 12.1. The number of benzene rings is 2. The van der Waals surface area contributed by atoms with Gasteiger partial charge in [-0.1, -0.05) is 12.1 Å². The summed E-state index contributed by atoms with van der Waals surface area (Å²) in [5.74, 6) is -0.551. The number of aromatic nitrogens is 1. The molecule has 1 aromatic heterocycles. The Labute approximate surface area is 178 Å². The molecule has 0 radical (unpaired) electrons. The molecule has 3 rings (SSSR count). The van der Waals surface area contributed by atoms with Crippen molar-refractivity contribution in [2.75, 3.05) is 18.9 Å². The number of rotatable bonds is 7. The molecule has 2 aromatic carbocycles. The Morgan fingerprint density at radius 3 is 2.43 bits per heavy atom. The van der Waals surface area contributed by atoms with Crippen molar-refractivity contribution in [1.29, 1.82) is 0 Å². The molecule has 7 nitrogen and oxygen atoms in total. The van der Waals surface area contributed by atoms with Gasteiger partial charge < -0.3 is 5.32 Å². The van der Waals surface area contributed by atoms with Crippen molar-refractivity contribution in [3.63, 3.8) is 0 Å². The standard InChI is InChI=1S/C20H21FN4O3S2/c1-13(14-5-9-17(10-6-14)30(22,27)28)25(2)11-19(26)24-20-23-18(12-29-20)15-3-7-16(21)8-4-15/h3-10,12-13H,11H2,1-2H3,(H2,22,27,28)(H,23,24,26). The van der Waals surface area contributed by atoms with Crippen LogP contribution in [-0.4, -0.2) is 37.8 Å². The fraction of sp³-hybridized carbons (Fsp3) is 0.200. The summed E-state index contributed by atoms with van der Waals surface area (Å²) in [4.78, 5) is 18.6. The molecule has 1 atom stereocenters. The third-order valence-corrected chi connectivity index (χ3v) is 6.32. The summed E-state index contributed by atoms with van der Waals surface area (Å²) in [6.45, 7) is 2.03. The molecular weight excluding hydrogens is 427 g/mol. The Hall–Kier alpha value is -2.66. The molecule has 0 aliphatic heterocycles. The Bertz CT molecular complexity index is 1130. The van der Waals surface area contributed by atoms with Gasteiger partial charge in [0, 0.05) is 17.0 Å². The molecule has 1 unspecified atom stereocenters. The summed E-state index contributed by atoms with van der Waals surface area (Å²) in [5.41, 5.74) is 2.28. The van der Waals surface area contributed by atoms with E-state index in [-0.39, 0.29) is 29.2 Å². The maximum absolute atomic E-state index is 13.0. The lowest BCUT2D eigenvalue weighted by atomic mass is 10.1. The Morgan fingerprint density at radius 2 is 1.83 bits per heavy atom. The van der Waals surface area contributed by atoms with Crippen molar-refractivity contribution in [3.05, 3.63) is 65.3 Å². The predicted molar refractivity (Wildman–Crippen MR) is 115 cm³/mol. The number of nitrogens with one attached hydrogen (secondary N) is 1. The first-order valence-electron chi connectivity index (χ1n) is 8.98. The molecule has 0 aliphatic carbocycles. The second kappa shape index (κ2) is 9.00. The minimum absolute atomic E-state index is 0.0413. The van der Waals surface area contributed by atoms with E-state index in [1.54, 1.807) is 36.7 Å². The van der Waals surface area contributed by atoms with E-state index < -0.39 is 10.0 Å². The van der Waals surface area contributed by atoms with E-state index in [9.17, 15) is 17.6 Å². The van der Waals surface area contributed by atoms with Gasteiger partial charge in [0.2, 0.25) is 15.9 Å². The zero-order chi connectivity index (χ0) is 21.9. The molecule has 0 aliphatic rings. The van der Waals surface area contributed by atoms with Gasteiger partial charge in [0.1, 0.15) is 5.82 Å². The fourth-order valence-electron chi connectivity index (χ4n) is 2.80. The van der Waals surface area contributed by atoms with Crippen LogP contribution in [0.1, 0.15) is 18.5 Å². The minimum Gasteiger partial charge on any atom is -0.301 e. The average Bonchev–Trinajstić information content (AvgIpc) is 3.15. The lowest BCUT2D eigenvalue weighted by Crippen LogP contribution is -2.32. The molecule has 10 heteroatoms. The molecule has 0 saturated carbocycles. The van der Waals surface area contributed by atoms with Crippen LogP contribution in [0.5, 0.6) is 0 Å². The van der Waals surface area contributed by atoms with Gasteiger partial charge >= 0.3 is 0 Å². The molecule has 30 heavy (non-hydrogen) atoms. The number of primary sulfonamides is 1. The zero-order valence-electron chi connectivity index (χ0n) is 16.4. The molecule has 0 saturated heterocycles. The van der Waals surface area contributed by atoms with Gasteiger partial charge in [-0.15, -0.1) is 11.3 Å². The van der Waals surface area contributed by atoms with Gasteiger partial charge in [-0.3, -0.25) is 9.69 Å². The molecule has 1 amide bonds. The number of hydrogen-bond donors (Lipinski definition) is 2. The van der Waals surface area contributed by atoms with Crippen molar-refractivity contribution in [2.45, 2.75) is 17.9 Å². The van der Waals surface area contributed by atoms with E-state index in [1.165, 1.54) is 35.6 Å². The summed E-state index contributed by atoms with van der Waals surface area (Å²) < 4.78 is 35.8. The lowest BCUT2D eigenvalue weighted by Gasteiger charge is -2.24. The highest BCUT2D eigenvalue weighted by molar-refractivity contribution is 7.89. The molecule has 158 valence electrons. The third-order valence-electron chi connectivity index (χ3n) is 4.64. The second-order valence-electron chi connectivity index (χ2n) is 6.80. The number of sulfonamides is 1. The normalized spacial score (nSPS) is 12.7. The second-order valence-corrected chi connectivity index (χ2v) is 9.22. The van der Waals surface area contributed by atoms with Crippen LogP contribution in [0.15, 0.2) is 58.8 Å². The van der Waals surface area contributed by atoms with Crippen molar-refractivity contribution in [3.8, 4) is 11.3 Å². The number of nitrogens with zero attached hydrogens (tertiary/aromatic N) is 2. The smallest absolute Gasteiger partial charge is 0.240 e. The Morgan fingerprint density at radius 1 is 1.20 bits per heavy atom. The van der Waals surface area contributed by atoms with Crippen molar-refractivity contribution in [2.24, 2.45) is 5.14 Å². The molecule has 3 N–H and O–H groups in total. The van der Waals surface area contributed by atoms with Crippen LogP contribution in [0.25, 0.3) is 11.3 Å². The number of anilines is 1. The van der Waals surface area contributed by atoms with Crippen LogP contribution in [0, 0.1) is 5.82 Å². The van der Waals surface area contributed by atoms with Crippen LogP contribution in [0.4, 0.5) is 9.52 Å². The maximum Gasteiger partial charge on any atom is 0.240 e. The lowest BCUT2D eigenvalue weighted by molar-refractivity contribution is -0.117. The van der Waals surface area contributed by atoms with E-state index in [2.05, 4.69) is 10.3 Å². The highest BCUT2D eigenvalue weighted by atomic mass is 32.2. The van der Waals surface area contributed by atoms with Crippen LogP contribution in [-0.2, 0) is 14.8 Å². The number of likely N-dealkylation sites (N-methyl/N-ethyl adjacent to an activating group) is 1. The third kappa shape index (κ3) is 5.48. The molecule has 0 fully saturated rings. The fourth-order valence-corrected chi connectivity index (χ4v) is 4.05. The average molecular weight is 449 g/mol. The van der Waals surface area contributed by atoms with Crippen molar-refractivity contribution >= 4 is 32.4 Å². The molecular formula is C20H21FN4O3S2. The van der Waals surface area contributed by atoms with Gasteiger partial charge in [0.15, 0.2) is 5.13 Å². The summed E-state index contributed by atoms with van der Waals surface area (Å²) in [6.07, 6.45) is 0. The van der Waals surface area contributed by atoms with Crippen molar-refractivity contribution in [1.82, 2.24) is 9.88 Å². The molecule has 1 heterocycles. The first kappa shape index (κ1) is 22.0. The number of carbonyl (C=O) groups is 1. The van der Waals surface area contributed by atoms with Gasteiger partial charge in [-0.25, -0.2) is 22.9 Å². The van der Waals surface area contributed by atoms with Crippen molar-refractivity contribution < 1.29 is 17.6 Å². The summed E-state index contributed by atoms with van der Waals surface area (Å²) >= 11 is 1.29. The number of amides is 1. The number of thiazole rings is 1. The van der Waals surface area contributed by atoms with Crippen LogP contribution in [0.3, 0.4) is 0 Å². The number of hydrogen-bond acceptors (Lipinski definition) is 6. The first-order chi connectivity index (χ1) is 14.1. The topological polar surface area (TPSA) is 105 Å². The largest absolute Gasteiger partial charge is 0.301 e. The van der Waals surface area contributed by atoms with Gasteiger partial charge in [-0.05, 0) is 55.9 Å². The predicted octanol–water partition coefficient (Wildman–Crippen LogP) is 3.23. The van der Waals surface area contributed by atoms with Crippen LogP contribution < -0.4 is 10.5 Å². The Balaban J connectivity index is 1.59. The Kier molecular flexibility index (Phi) is 6.61. The molecule has 0 spiro atoms. The van der Waals surface area contributed by atoms with Gasteiger partial charge in [0.05, 0.1) is 17.1 Å². The highest BCUT2D eigenvalue weighted by Crippen LogP contribution is 2.25. The summed E-state index contributed by atoms with van der Waals surface area (Å²) in [5, 5.41) is 10.1. The SMILES string of the molecule is CC(c1ccc(S(N)(=O)=O)cc1)N(C)CC(=O)Nc1nc(-c2ccc(F)cc2)cs1. The molecule has 3 aromatic rings. The highest BCUT2D eigenvalue weighted by Gasteiger charge is 2.17. The van der Waals surface area contributed by atoms with Gasteiger partial charge in [0.25, 0.3) is 0 Å². The van der Waals surface area contributed by atoms with E-state index in [1.807, 2.05) is 11.8 Å². The van der Waals surface area contributed by atoms with E-state index in [0.29, 0.717) is 10.8 Å². The number of halogens is 1. The number of nitrogens with two attached hydrogens (primary N) is 1. The molecule has 0 bridgehead atoms. The number of carbonyl (C=O) groups excluding carboxylic acids is 1.